The molecule has 0 heterocycles. The highest BCUT2D eigenvalue weighted by Gasteiger charge is 2.34. The molecule has 0 aromatic heterocycles. The zero-order valence-corrected chi connectivity index (χ0v) is 22.6. The molecule has 0 saturated carbocycles. The number of rotatable bonds is 14. The van der Waals surface area contributed by atoms with Crippen molar-refractivity contribution in [1.82, 2.24) is 10.2 Å². The molecule has 0 unspecified atom stereocenters. The van der Waals surface area contributed by atoms with Gasteiger partial charge in [0.15, 0.2) is 6.61 Å². The number of hydrogen-bond donors (Lipinski definition) is 6. The summed E-state index contributed by atoms with van der Waals surface area (Å²) in [7, 11) is 0. The third kappa shape index (κ3) is 11.3. The van der Waals surface area contributed by atoms with E-state index in [1.54, 1.807) is 0 Å². The van der Waals surface area contributed by atoms with Crippen molar-refractivity contribution in [2.45, 2.75) is 37.0 Å². The van der Waals surface area contributed by atoms with Gasteiger partial charge in [0, 0.05) is 31.9 Å². The van der Waals surface area contributed by atoms with Crippen molar-refractivity contribution >= 4 is 23.4 Å². The maximum atomic E-state index is 13.2. The number of nitrogens with one attached hydrogen (secondary N) is 2. The Kier molecular flexibility index (Phi) is 12.7. The molecule has 0 aliphatic rings. The lowest BCUT2D eigenvalue weighted by Crippen LogP contribution is -2.53. The Morgan fingerprint density at radius 2 is 1.44 bits per heavy atom. The molecule has 3 amide bonds. The van der Waals surface area contributed by atoms with Gasteiger partial charge in [0.1, 0.15) is 17.9 Å². The summed E-state index contributed by atoms with van der Waals surface area (Å²) in [5.74, 6) is -2.83. The number of nitrogens with zero attached hydrogens (tertiary/aromatic N) is 1. The number of carbonyl (C=O) groups is 3. The summed E-state index contributed by atoms with van der Waals surface area (Å²) in [4.78, 5) is 39.9. The number of amides is 3. The first-order valence-corrected chi connectivity index (χ1v) is 12.7. The fourth-order valence-electron chi connectivity index (χ4n) is 3.71. The average Bonchev–Trinajstić information content (AvgIpc) is 2.94. The van der Waals surface area contributed by atoms with Crippen LogP contribution in [0.3, 0.4) is 0 Å². The smallest absolute Gasteiger partial charge is 0.422 e. The number of halogens is 6. The van der Waals surface area contributed by atoms with Crippen LogP contribution in [0.15, 0.2) is 48.5 Å². The number of hydrogen-bond acceptors (Lipinski definition) is 8. The van der Waals surface area contributed by atoms with Crippen LogP contribution in [0, 0.1) is 0 Å². The van der Waals surface area contributed by atoms with Gasteiger partial charge in [-0.25, -0.2) is 0 Å². The highest BCUT2D eigenvalue weighted by atomic mass is 19.4. The van der Waals surface area contributed by atoms with Crippen LogP contribution in [0.2, 0.25) is 0 Å². The largest absolute Gasteiger partial charge is 0.484 e. The van der Waals surface area contributed by atoms with Gasteiger partial charge in [-0.05, 0) is 42.0 Å². The third-order valence-electron chi connectivity index (χ3n) is 5.88. The SMILES string of the molecule is NCCN(CCN)C(=O)C[C@H](N)C(=O)N[C@H](C(=O)Nc1ccc(OCC(F)(F)F)cc1)[C@H](O)c1ccc(C(F)(F)F)cc1. The Balaban J connectivity index is 2.25. The minimum atomic E-state index is -4.68. The van der Waals surface area contributed by atoms with E-state index in [2.05, 4.69) is 15.4 Å². The second kappa shape index (κ2) is 15.5. The molecule has 0 bridgehead atoms. The van der Waals surface area contributed by atoms with Crippen molar-refractivity contribution in [2.24, 2.45) is 17.2 Å². The normalized spacial score (nSPS) is 13.9. The molecule has 0 radical (unpaired) electrons. The van der Waals surface area contributed by atoms with Crippen molar-refractivity contribution in [1.29, 1.82) is 0 Å². The summed E-state index contributed by atoms with van der Waals surface area (Å²) >= 11 is 0. The van der Waals surface area contributed by atoms with Crippen molar-refractivity contribution in [3.05, 3.63) is 59.7 Å². The van der Waals surface area contributed by atoms with Crippen LogP contribution in [-0.2, 0) is 20.6 Å². The molecule has 0 saturated heterocycles. The Bertz CT molecular complexity index is 1200. The third-order valence-corrected chi connectivity index (χ3v) is 5.88. The first kappa shape index (κ1) is 35.3. The standard InChI is InChI=1S/C26H32F6N6O5/c27-25(28,29)14-43-18-7-5-17(6-8-18)36-24(42)21(22(40)15-1-3-16(4-2-15)26(30,31)32)37-23(41)19(35)13-20(39)38(11-9-33)12-10-34/h1-8,19,21-22,40H,9-14,33-35H2,(H,36,42)(H,37,41)/t19-,21-,22+/m0/s1. The van der Waals surface area contributed by atoms with E-state index in [-0.39, 0.29) is 43.2 Å². The summed E-state index contributed by atoms with van der Waals surface area (Å²) in [6.07, 6.45) is -11.7. The maximum Gasteiger partial charge on any atom is 0.422 e. The average molecular weight is 623 g/mol. The van der Waals surface area contributed by atoms with E-state index in [1.165, 1.54) is 17.0 Å². The van der Waals surface area contributed by atoms with E-state index in [4.69, 9.17) is 17.2 Å². The Hall–Kier alpha value is -3.93. The Morgan fingerprint density at radius 1 is 0.884 bits per heavy atom. The molecule has 0 fully saturated rings. The van der Waals surface area contributed by atoms with E-state index in [1.807, 2.05) is 0 Å². The lowest BCUT2D eigenvalue weighted by atomic mass is 9.99. The van der Waals surface area contributed by atoms with Crippen LogP contribution in [0.25, 0.3) is 0 Å². The predicted molar refractivity (Wildman–Crippen MR) is 142 cm³/mol. The zero-order valence-electron chi connectivity index (χ0n) is 22.6. The molecule has 43 heavy (non-hydrogen) atoms. The Labute approximate surface area is 242 Å². The molecule has 2 aromatic rings. The van der Waals surface area contributed by atoms with E-state index >= 15 is 0 Å². The second-order valence-corrected chi connectivity index (χ2v) is 9.24. The first-order chi connectivity index (χ1) is 20.1. The van der Waals surface area contributed by atoms with Crippen molar-refractivity contribution < 1.29 is 50.6 Å². The summed E-state index contributed by atoms with van der Waals surface area (Å²) in [5.41, 5.74) is 15.7. The second-order valence-electron chi connectivity index (χ2n) is 9.24. The molecule has 9 N–H and O–H groups in total. The minimum absolute atomic E-state index is 0.0157. The monoisotopic (exact) mass is 622 g/mol. The molecule has 3 atom stereocenters. The fourth-order valence-corrected chi connectivity index (χ4v) is 3.71. The number of anilines is 1. The molecule has 2 rings (SSSR count). The van der Waals surface area contributed by atoms with Crippen LogP contribution in [-0.4, -0.2) is 78.8 Å². The zero-order chi connectivity index (χ0) is 32.4. The van der Waals surface area contributed by atoms with Gasteiger partial charge in [0.05, 0.1) is 18.0 Å². The van der Waals surface area contributed by atoms with Crippen LogP contribution >= 0.6 is 0 Å². The first-order valence-electron chi connectivity index (χ1n) is 12.7. The number of nitrogens with two attached hydrogens (primary N) is 3. The van der Waals surface area contributed by atoms with Crippen molar-refractivity contribution in [3.63, 3.8) is 0 Å². The van der Waals surface area contributed by atoms with E-state index in [0.717, 1.165) is 24.3 Å². The number of alkyl halides is 6. The summed E-state index contributed by atoms with van der Waals surface area (Å²) in [6, 6.07) is 4.42. The predicted octanol–water partition coefficient (Wildman–Crippen LogP) is 1.27. The number of ether oxygens (including phenoxy) is 1. The number of benzene rings is 2. The Morgan fingerprint density at radius 3 is 1.93 bits per heavy atom. The van der Waals surface area contributed by atoms with Gasteiger partial charge in [-0.1, -0.05) is 12.1 Å². The van der Waals surface area contributed by atoms with E-state index < -0.39 is 66.9 Å². The molecule has 0 spiro atoms. The molecular formula is C26H32F6N6O5. The molecule has 0 aliphatic carbocycles. The molecule has 0 aliphatic heterocycles. The van der Waals surface area contributed by atoms with Crippen LogP contribution < -0.4 is 32.6 Å². The summed E-state index contributed by atoms with van der Waals surface area (Å²) in [5, 5.41) is 15.5. The summed E-state index contributed by atoms with van der Waals surface area (Å²) in [6.45, 7) is -1.04. The minimum Gasteiger partial charge on any atom is -0.484 e. The number of carbonyl (C=O) groups excluding carboxylic acids is 3. The van der Waals surface area contributed by atoms with Crippen molar-refractivity contribution in [3.8, 4) is 5.75 Å². The van der Waals surface area contributed by atoms with Crippen LogP contribution in [0.4, 0.5) is 32.0 Å². The van der Waals surface area contributed by atoms with Gasteiger partial charge >= 0.3 is 12.4 Å². The van der Waals surface area contributed by atoms with Gasteiger partial charge in [0.2, 0.25) is 17.7 Å². The van der Waals surface area contributed by atoms with Gasteiger partial charge in [-0.3, -0.25) is 14.4 Å². The molecule has 2 aromatic carbocycles. The highest BCUT2D eigenvalue weighted by molar-refractivity contribution is 5.99. The van der Waals surface area contributed by atoms with Crippen LogP contribution in [0.5, 0.6) is 5.75 Å². The van der Waals surface area contributed by atoms with Gasteiger partial charge < -0.3 is 42.6 Å². The highest BCUT2D eigenvalue weighted by Crippen LogP contribution is 2.30. The number of aliphatic hydroxyl groups excluding tert-OH is 1. The number of aliphatic hydroxyl groups is 1. The lowest BCUT2D eigenvalue weighted by molar-refractivity contribution is -0.153. The van der Waals surface area contributed by atoms with E-state index in [0.29, 0.717) is 12.1 Å². The molecule has 238 valence electrons. The summed E-state index contributed by atoms with van der Waals surface area (Å²) < 4.78 is 80.7. The van der Waals surface area contributed by atoms with Gasteiger partial charge in [-0.2, -0.15) is 26.3 Å². The van der Waals surface area contributed by atoms with Crippen LogP contribution in [0.1, 0.15) is 23.7 Å². The van der Waals surface area contributed by atoms with Gasteiger partial charge in [-0.15, -0.1) is 0 Å². The van der Waals surface area contributed by atoms with Crippen molar-refractivity contribution in [2.75, 3.05) is 38.1 Å². The molecule has 11 nitrogen and oxygen atoms in total. The van der Waals surface area contributed by atoms with E-state index in [9.17, 15) is 45.8 Å². The topological polar surface area (TPSA) is 186 Å². The lowest BCUT2D eigenvalue weighted by Gasteiger charge is -2.26. The molecular weight excluding hydrogens is 590 g/mol. The fraction of sp³-hybridized carbons (Fsp3) is 0.423. The van der Waals surface area contributed by atoms with Gasteiger partial charge in [0.25, 0.3) is 0 Å². The quantitative estimate of drug-likeness (QED) is 0.170. The maximum absolute atomic E-state index is 13.2. The molecule has 17 heteroatoms.